The summed E-state index contributed by atoms with van der Waals surface area (Å²) in [5, 5.41) is 8.76. The minimum absolute atomic E-state index is 0.169. The molecule has 0 bridgehead atoms. The zero-order chi connectivity index (χ0) is 14.7. The second-order valence-electron chi connectivity index (χ2n) is 5.28. The highest BCUT2D eigenvalue weighted by atomic mass is 19.2. The maximum absolute atomic E-state index is 14.0. The lowest BCUT2D eigenvalue weighted by Gasteiger charge is -2.33. The van der Waals surface area contributed by atoms with Gasteiger partial charge in [0.1, 0.15) is 0 Å². The number of halogens is 2. The molecule has 20 heavy (non-hydrogen) atoms. The highest BCUT2D eigenvalue weighted by Crippen LogP contribution is 2.29. The van der Waals surface area contributed by atoms with E-state index in [1.54, 1.807) is 4.90 Å². The van der Waals surface area contributed by atoms with Crippen LogP contribution in [0, 0.1) is 17.6 Å². The minimum Gasteiger partial charge on any atom is -0.478 e. The topological polar surface area (TPSA) is 40.5 Å². The van der Waals surface area contributed by atoms with E-state index in [1.807, 2.05) is 0 Å². The van der Waals surface area contributed by atoms with Crippen LogP contribution in [0.3, 0.4) is 0 Å². The van der Waals surface area contributed by atoms with E-state index in [4.69, 9.17) is 5.11 Å². The van der Waals surface area contributed by atoms with Gasteiger partial charge in [0.15, 0.2) is 11.6 Å². The Kier molecular flexibility index (Phi) is 4.57. The van der Waals surface area contributed by atoms with E-state index in [0.717, 1.165) is 25.3 Å². The van der Waals surface area contributed by atoms with Gasteiger partial charge in [-0.15, -0.1) is 0 Å². The number of aromatic carboxylic acids is 1. The molecule has 110 valence electrons. The monoisotopic (exact) mass is 283 g/mol. The van der Waals surface area contributed by atoms with Gasteiger partial charge in [0.2, 0.25) is 0 Å². The molecule has 1 saturated heterocycles. The summed E-state index contributed by atoms with van der Waals surface area (Å²) in [4.78, 5) is 12.6. The summed E-state index contributed by atoms with van der Waals surface area (Å²) in [5.74, 6) is -3.12. The van der Waals surface area contributed by atoms with E-state index in [-0.39, 0.29) is 5.69 Å². The van der Waals surface area contributed by atoms with Crippen molar-refractivity contribution in [3.05, 3.63) is 29.3 Å². The molecule has 2 rings (SSSR count). The van der Waals surface area contributed by atoms with Crippen molar-refractivity contribution < 1.29 is 18.7 Å². The number of rotatable bonds is 4. The summed E-state index contributed by atoms with van der Waals surface area (Å²) in [5.41, 5.74) is -0.449. The molecule has 1 fully saturated rings. The molecule has 5 heteroatoms. The molecule has 0 radical (unpaired) electrons. The molecule has 1 aliphatic heterocycles. The lowest BCUT2D eigenvalue weighted by Crippen LogP contribution is -2.34. The highest BCUT2D eigenvalue weighted by molar-refractivity contribution is 5.88. The van der Waals surface area contributed by atoms with Crippen LogP contribution in [-0.2, 0) is 0 Å². The maximum Gasteiger partial charge on any atom is 0.338 e. The third kappa shape index (κ3) is 2.92. The summed E-state index contributed by atoms with van der Waals surface area (Å²) in [6.07, 6.45) is 4.24. The Bertz CT molecular complexity index is 497. The van der Waals surface area contributed by atoms with Crippen LogP contribution in [0.25, 0.3) is 0 Å². The Labute approximate surface area is 117 Å². The first kappa shape index (κ1) is 14.8. The quantitative estimate of drug-likeness (QED) is 0.916. The van der Waals surface area contributed by atoms with E-state index in [1.165, 1.54) is 12.5 Å². The fourth-order valence-corrected chi connectivity index (χ4v) is 2.82. The first-order valence-electron chi connectivity index (χ1n) is 7.00. The first-order valence-corrected chi connectivity index (χ1v) is 7.00. The van der Waals surface area contributed by atoms with Crippen LogP contribution in [0.4, 0.5) is 14.5 Å². The Balaban J connectivity index is 2.15. The van der Waals surface area contributed by atoms with Crippen molar-refractivity contribution in [1.82, 2.24) is 0 Å². The van der Waals surface area contributed by atoms with Gasteiger partial charge in [-0.3, -0.25) is 0 Å². The van der Waals surface area contributed by atoms with Crippen molar-refractivity contribution in [2.45, 2.75) is 32.6 Å². The summed E-state index contributed by atoms with van der Waals surface area (Å²) in [7, 11) is 0. The Hall–Kier alpha value is -1.65. The van der Waals surface area contributed by atoms with Crippen molar-refractivity contribution in [1.29, 1.82) is 0 Å². The number of carbonyl (C=O) groups is 1. The molecule has 0 aliphatic carbocycles. The molecule has 0 spiro atoms. The van der Waals surface area contributed by atoms with E-state index in [0.29, 0.717) is 19.0 Å². The van der Waals surface area contributed by atoms with Crippen LogP contribution in [0.15, 0.2) is 12.1 Å². The smallest absolute Gasteiger partial charge is 0.338 e. The van der Waals surface area contributed by atoms with Crippen LogP contribution in [0.1, 0.15) is 43.0 Å². The second kappa shape index (κ2) is 6.20. The molecule has 0 aromatic heterocycles. The first-order chi connectivity index (χ1) is 9.54. The highest BCUT2D eigenvalue weighted by Gasteiger charge is 2.24. The fraction of sp³-hybridized carbons (Fsp3) is 0.533. The average molecular weight is 283 g/mol. The zero-order valence-electron chi connectivity index (χ0n) is 11.5. The van der Waals surface area contributed by atoms with E-state index in [2.05, 4.69) is 6.92 Å². The van der Waals surface area contributed by atoms with Crippen molar-refractivity contribution in [3.63, 3.8) is 0 Å². The van der Waals surface area contributed by atoms with Gasteiger partial charge in [-0.1, -0.05) is 19.8 Å². The van der Waals surface area contributed by atoms with E-state index in [9.17, 15) is 13.6 Å². The predicted octanol–water partition coefficient (Wildman–Crippen LogP) is 3.68. The number of anilines is 1. The third-order valence-corrected chi connectivity index (χ3v) is 3.94. The molecule has 0 unspecified atom stereocenters. The van der Waals surface area contributed by atoms with Gasteiger partial charge in [0.05, 0.1) is 11.3 Å². The number of hydrogen-bond donors (Lipinski definition) is 1. The van der Waals surface area contributed by atoms with Gasteiger partial charge in [-0.2, -0.15) is 0 Å². The molecule has 0 atom stereocenters. The molecule has 1 aromatic rings. The van der Waals surface area contributed by atoms with Gasteiger partial charge in [-0.05, 0) is 30.9 Å². The Morgan fingerprint density at radius 1 is 1.30 bits per heavy atom. The lowest BCUT2D eigenvalue weighted by atomic mass is 9.92. The van der Waals surface area contributed by atoms with Crippen LogP contribution in [0.5, 0.6) is 0 Å². The number of carboxylic acids is 1. The van der Waals surface area contributed by atoms with Gasteiger partial charge in [-0.25, -0.2) is 13.6 Å². The van der Waals surface area contributed by atoms with Crippen LogP contribution in [-0.4, -0.2) is 24.2 Å². The molecule has 1 N–H and O–H groups in total. The molecular formula is C15H19F2NO2. The minimum atomic E-state index is -1.45. The van der Waals surface area contributed by atoms with Gasteiger partial charge in [0, 0.05) is 13.1 Å². The summed E-state index contributed by atoms with van der Waals surface area (Å²) < 4.78 is 27.7. The van der Waals surface area contributed by atoms with E-state index >= 15 is 0 Å². The fourth-order valence-electron chi connectivity index (χ4n) is 2.82. The van der Waals surface area contributed by atoms with Crippen molar-refractivity contribution in [3.8, 4) is 0 Å². The Morgan fingerprint density at radius 2 is 1.95 bits per heavy atom. The molecule has 0 saturated carbocycles. The molecular weight excluding hydrogens is 264 g/mol. The number of hydrogen-bond acceptors (Lipinski definition) is 2. The van der Waals surface area contributed by atoms with Gasteiger partial charge in [0.25, 0.3) is 0 Å². The number of nitrogens with zero attached hydrogens (tertiary/aromatic N) is 1. The zero-order valence-corrected chi connectivity index (χ0v) is 11.5. The van der Waals surface area contributed by atoms with Crippen molar-refractivity contribution in [2.24, 2.45) is 5.92 Å². The number of benzene rings is 1. The number of piperidine rings is 1. The molecule has 3 nitrogen and oxygen atoms in total. The van der Waals surface area contributed by atoms with Crippen LogP contribution < -0.4 is 4.90 Å². The second-order valence-corrected chi connectivity index (χ2v) is 5.28. The molecule has 1 aliphatic rings. The maximum atomic E-state index is 14.0. The molecule has 1 aromatic carbocycles. The lowest BCUT2D eigenvalue weighted by molar-refractivity contribution is 0.0690. The molecule has 0 amide bonds. The summed E-state index contributed by atoms with van der Waals surface area (Å²) in [6.45, 7) is 3.52. The van der Waals surface area contributed by atoms with Crippen LogP contribution >= 0.6 is 0 Å². The summed E-state index contributed by atoms with van der Waals surface area (Å²) in [6, 6.07) is 2.50. The standard InChI is InChI=1S/C15H19F2NO2/c1-2-3-10-6-8-18(9-7-10)12-5-4-11(15(19)20)13(16)14(12)17/h4-5,10H,2-3,6-9H2,1H3,(H,19,20). The SMILES string of the molecule is CCCC1CCN(c2ccc(C(=O)O)c(F)c2F)CC1. The normalized spacial score (nSPS) is 16.4. The average Bonchev–Trinajstić information content (AvgIpc) is 2.43. The van der Waals surface area contributed by atoms with Crippen molar-refractivity contribution in [2.75, 3.05) is 18.0 Å². The summed E-state index contributed by atoms with van der Waals surface area (Å²) >= 11 is 0. The number of carboxylic acid groups (broad SMARTS) is 1. The third-order valence-electron chi connectivity index (χ3n) is 3.94. The van der Waals surface area contributed by atoms with Crippen LogP contribution in [0.2, 0.25) is 0 Å². The predicted molar refractivity (Wildman–Crippen MR) is 73.2 cm³/mol. The largest absolute Gasteiger partial charge is 0.478 e. The Morgan fingerprint density at radius 3 is 2.50 bits per heavy atom. The van der Waals surface area contributed by atoms with Gasteiger partial charge >= 0.3 is 5.97 Å². The van der Waals surface area contributed by atoms with Crippen molar-refractivity contribution >= 4 is 11.7 Å². The molecule has 1 heterocycles. The van der Waals surface area contributed by atoms with Gasteiger partial charge < -0.3 is 10.0 Å². The van der Waals surface area contributed by atoms with E-state index < -0.39 is 23.2 Å².